The maximum absolute atomic E-state index is 13.6. The second-order valence-corrected chi connectivity index (χ2v) is 11.0. The Kier molecular flexibility index (Phi) is 8.91. The lowest BCUT2D eigenvalue weighted by Crippen LogP contribution is -2.48. The molecule has 1 heterocycles. The number of para-hydroxylation sites is 1. The number of hydrogen-bond acceptors (Lipinski definition) is 6. The number of ether oxygens (including phenoxy) is 3. The molecule has 198 valence electrons. The monoisotopic (exact) mass is 498 g/mol. The molecule has 1 aromatic rings. The number of benzene rings is 1. The third-order valence-electron chi connectivity index (χ3n) is 8.04. The SMILES string of the molecule is CCCC(C)(Oc1ccccc1)C(=O)O[C@H]1C[C@H](O)C=C2C=C[C@H](C)[C@H](CC[C@@H]3C[C@H](O)CCO3)[C@H]21. The lowest BCUT2D eigenvalue weighted by atomic mass is 9.66. The number of hydrogen-bond donors (Lipinski definition) is 2. The molecule has 6 nitrogen and oxygen atoms in total. The highest BCUT2D eigenvalue weighted by Gasteiger charge is 2.45. The van der Waals surface area contributed by atoms with E-state index in [1.54, 1.807) is 6.92 Å². The van der Waals surface area contributed by atoms with Gasteiger partial charge in [-0.3, -0.25) is 0 Å². The summed E-state index contributed by atoms with van der Waals surface area (Å²) >= 11 is 0. The number of aliphatic hydroxyl groups excluding tert-OH is 2. The van der Waals surface area contributed by atoms with Gasteiger partial charge in [0.2, 0.25) is 5.60 Å². The number of aliphatic hydroxyl groups is 2. The lowest BCUT2D eigenvalue weighted by molar-refractivity contribution is -0.172. The van der Waals surface area contributed by atoms with Crippen LogP contribution in [0.25, 0.3) is 0 Å². The maximum Gasteiger partial charge on any atom is 0.350 e. The average molecular weight is 499 g/mol. The molecule has 36 heavy (non-hydrogen) atoms. The van der Waals surface area contributed by atoms with Gasteiger partial charge in [0.15, 0.2) is 0 Å². The van der Waals surface area contributed by atoms with E-state index in [-0.39, 0.29) is 30.0 Å². The van der Waals surface area contributed by atoms with Crippen molar-refractivity contribution in [1.29, 1.82) is 0 Å². The minimum atomic E-state index is -1.11. The van der Waals surface area contributed by atoms with Gasteiger partial charge >= 0.3 is 5.97 Å². The third-order valence-corrected chi connectivity index (χ3v) is 8.04. The van der Waals surface area contributed by atoms with E-state index in [0.29, 0.717) is 44.0 Å². The van der Waals surface area contributed by atoms with Crippen molar-refractivity contribution in [3.05, 3.63) is 54.1 Å². The van der Waals surface area contributed by atoms with Gasteiger partial charge in [-0.2, -0.15) is 0 Å². The minimum absolute atomic E-state index is 0.00784. The fourth-order valence-corrected chi connectivity index (χ4v) is 6.11. The fourth-order valence-electron chi connectivity index (χ4n) is 6.11. The molecule has 0 radical (unpaired) electrons. The van der Waals surface area contributed by atoms with Gasteiger partial charge in [-0.1, -0.05) is 56.7 Å². The summed E-state index contributed by atoms with van der Waals surface area (Å²) < 4.78 is 18.3. The Labute approximate surface area is 215 Å². The van der Waals surface area contributed by atoms with Gasteiger partial charge in [0.25, 0.3) is 0 Å². The smallest absolute Gasteiger partial charge is 0.350 e. The van der Waals surface area contributed by atoms with Gasteiger partial charge < -0.3 is 24.4 Å². The van der Waals surface area contributed by atoms with Crippen LogP contribution in [0.15, 0.2) is 54.1 Å². The Morgan fingerprint density at radius 2 is 1.94 bits per heavy atom. The van der Waals surface area contributed by atoms with Crippen LogP contribution in [0, 0.1) is 17.8 Å². The molecule has 3 aliphatic rings. The predicted molar refractivity (Wildman–Crippen MR) is 138 cm³/mol. The predicted octanol–water partition coefficient (Wildman–Crippen LogP) is 4.99. The van der Waals surface area contributed by atoms with Crippen molar-refractivity contribution in [2.45, 2.75) is 95.7 Å². The summed E-state index contributed by atoms with van der Waals surface area (Å²) in [5, 5.41) is 20.7. The first kappa shape index (κ1) is 26.9. The molecule has 2 aliphatic carbocycles. The van der Waals surface area contributed by atoms with Gasteiger partial charge in [-0.25, -0.2) is 4.79 Å². The Hall–Kier alpha value is -2.15. The topological polar surface area (TPSA) is 85.2 Å². The maximum atomic E-state index is 13.6. The van der Waals surface area contributed by atoms with Crippen LogP contribution in [0.4, 0.5) is 0 Å². The number of esters is 1. The van der Waals surface area contributed by atoms with Crippen molar-refractivity contribution in [2.75, 3.05) is 6.61 Å². The number of carbonyl (C=O) groups excluding carboxylic acids is 1. The van der Waals surface area contributed by atoms with E-state index in [2.05, 4.69) is 19.1 Å². The number of allylic oxidation sites excluding steroid dienone is 2. The number of rotatable bonds is 9. The van der Waals surface area contributed by atoms with Crippen LogP contribution in [0.5, 0.6) is 5.75 Å². The van der Waals surface area contributed by atoms with Gasteiger partial charge in [0, 0.05) is 18.9 Å². The van der Waals surface area contributed by atoms with E-state index < -0.39 is 17.8 Å². The average Bonchev–Trinajstić information content (AvgIpc) is 2.84. The Morgan fingerprint density at radius 3 is 2.67 bits per heavy atom. The van der Waals surface area contributed by atoms with Crippen molar-refractivity contribution in [1.82, 2.24) is 0 Å². The number of carbonyl (C=O) groups is 1. The van der Waals surface area contributed by atoms with Gasteiger partial charge in [0.05, 0.1) is 18.3 Å². The van der Waals surface area contributed by atoms with Crippen LogP contribution < -0.4 is 4.74 Å². The normalized spacial score (nSPS) is 33.7. The quantitative estimate of drug-likeness (QED) is 0.467. The van der Waals surface area contributed by atoms with Crippen molar-refractivity contribution in [3.8, 4) is 5.75 Å². The molecule has 1 fully saturated rings. The first-order valence-corrected chi connectivity index (χ1v) is 13.6. The summed E-state index contributed by atoms with van der Waals surface area (Å²) in [6, 6.07) is 9.38. The third kappa shape index (κ3) is 6.39. The molecule has 1 aromatic carbocycles. The molecule has 0 spiro atoms. The van der Waals surface area contributed by atoms with E-state index in [4.69, 9.17) is 14.2 Å². The second-order valence-electron chi connectivity index (χ2n) is 11.0. The largest absolute Gasteiger partial charge is 0.476 e. The Bertz CT molecular complexity index is 927. The zero-order valence-corrected chi connectivity index (χ0v) is 21.8. The van der Waals surface area contributed by atoms with Crippen LogP contribution in [0.2, 0.25) is 0 Å². The van der Waals surface area contributed by atoms with Crippen molar-refractivity contribution in [3.63, 3.8) is 0 Å². The summed E-state index contributed by atoms with van der Waals surface area (Å²) in [4.78, 5) is 13.6. The lowest BCUT2D eigenvalue weighted by Gasteiger charge is -2.44. The molecule has 1 unspecified atom stereocenters. The van der Waals surface area contributed by atoms with E-state index in [1.165, 1.54) is 0 Å². The Morgan fingerprint density at radius 1 is 1.17 bits per heavy atom. The van der Waals surface area contributed by atoms with Crippen LogP contribution in [0.3, 0.4) is 0 Å². The highest BCUT2D eigenvalue weighted by atomic mass is 16.6. The van der Waals surface area contributed by atoms with Crippen LogP contribution >= 0.6 is 0 Å². The van der Waals surface area contributed by atoms with Crippen molar-refractivity contribution in [2.24, 2.45) is 17.8 Å². The standard InChI is InChI=1S/C30H42O6/c1-4-15-30(3,36-24-8-6-5-7-9-24)29(33)35-27-19-23(32)17-21-11-10-20(2)26(28(21)27)13-12-25-18-22(31)14-16-34-25/h5-11,17,20,22-23,25-28,31-32H,4,12-16,18-19H2,1-3H3/t20-,22+,23+,25+,26-,27-,28-,30?/m0/s1. The van der Waals surface area contributed by atoms with Gasteiger partial charge in [-0.15, -0.1) is 0 Å². The van der Waals surface area contributed by atoms with E-state index in [1.807, 2.05) is 43.3 Å². The highest BCUT2D eigenvalue weighted by molar-refractivity contribution is 5.80. The van der Waals surface area contributed by atoms with Crippen molar-refractivity contribution >= 4 is 5.97 Å². The van der Waals surface area contributed by atoms with Crippen LogP contribution in [0.1, 0.15) is 65.7 Å². The Balaban J connectivity index is 1.51. The van der Waals surface area contributed by atoms with E-state index in [9.17, 15) is 15.0 Å². The summed E-state index contributed by atoms with van der Waals surface area (Å²) in [6.07, 6.45) is 9.70. The fraction of sp³-hybridized carbons (Fsp3) is 0.633. The first-order chi connectivity index (χ1) is 17.3. The summed E-state index contributed by atoms with van der Waals surface area (Å²) in [5.41, 5.74) is -0.0690. The second kappa shape index (κ2) is 11.9. The molecule has 0 saturated carbocycles. The molecule has 1 saturated heterocycles. The zero-order valence-electron chi connectivity index (χ0n) is 21.8. The minimum Gasteiger partial charge on any atom is -0.476 e. The van der Waals surface area contributed by atoms with Gasteiger partial charge in [-0.05, 0) is 68.6 Å². The molecule has 0 aromatic heterocycles. The zero-order chi connectivity index (χ0) is 25.7. The van der Waals surface area contributed by atoms with Crippen LogP contribution in [-0.2, 0) is 14.3 Å². The van der Waals surface area contributed by atoms with E-state index >= 15 is 0 Å². The summed E-state index contributed by atoms with van der Waals surface area (Å²) in [5.74, 6) is 0.817. The number of fused-ring (bicyclic) bond motifs is 1. The summed E-state index contributed by atoms with van der Waals surface area (Å²) in [6.45, 7) is 6.63. The molecule has 4 rings (SSSR count). The molecule has 0 amide bonds. The molecular formula is C30H42O6. The van der Waals surface area contributed by atoms with Crippen LogP contribution in [-0.4, -0.2) is 52.8 Å². The molecule has 2 N–H and O–H groups in total. The molecule has 6 heteroatoms. The first-order valence-electron chi connectivity index (χ1n) is 13.6. The van der Waals surface area contributed by atoms with E-state index in [0.717, 1.165) is 24.8 Å². The molecular weight excluding hydrogens is 456 g/mol. The summed E-state index contributed by atoms with van der Waals surface area (Å²) in [7, 11) is 0. The highest BCUT2D eigenvalue weighted by Crippen LogP contribution is 2.44. The molecule has 8 atom stereocenters. The van der Waals surface area contributed by atoms with Gasteiger partial charge in [0.1, 0.15) is 11.9 Å². The van der Waals surface area contributed by atoms with Crippen molar-refractivity contribution < 1.29 is 29.2 Å². The molecule has 0 bridgehead atoms. The molecule has 1 aliphatic heterocycles.